The van der Waals surface area contributed by atoms with Crippen LogP contribution in [0.2, 0.25) is 0 Å². The molecule has 23 heavy (non-hydrogen) atoms. The molecular formula is C17H14BrNO3S. The third-order valence-electron chi connectivity index (χ3n) is 3.15. The summed E-state index contributed by atoms with van der Waals surface area (Å²) in [5.74, 6) is 1.28. The summed E-state index contributed by atoms with van der Waals surface area (Å²) in [6.45, 7) is 0.972. The van der Waals surface area contributed by atoms with Crippen molar-refractivity contribution in [3.8, 4) is 0 Å². The first-order valence-corrected chi connectivity index (χ1v) is 8.65. The number of hydrogen-bond acceptors (Lipinski definition) is 4. The first kappa shape index (κ1) is 15.8. The highest BCUT2D eigenvalue weighted by molar-refractivity contribution is 9.10. The molecule has 0 saturated heterocycles. The highest BCUT2D eigenvalue weighted by Crippen LogP contribution is 2.17. The Morgan fingerprint density at radius 2 is 2.13 bits per heavy atom. The normalized spacial score (nSPS) is 11.2. The monoisotopic (exact) mass is 391 g/mol. The van der Waals surface area contributed by atoms with Gasteiger partial charge in [0, 0.05) is 11.0 Å². The van der Waals surface area contributed by atoms with E-state index in [1.807, 2.05) is 29.6 Å². The van der Waals surface area contributed by atoms with E-state index in [9.17, 15) is 4.79 Å². The molecular weight excluding hydrogens is 378 g/mol. The molecule has 0 aromatic carbocycles. The molecule has 0 aliphatic carbocycles. The van der Waals surface area contributed by atoms with Crippen LogP contribution in [0.3, 0.4) is 0 Å². The molecule has 0 aliphatic rings. The Balaban J connectivity index is 1.73. The standard InChI is InChI=1S/C17H14BrNO3S/c18-16-7-5-13(22-16)6-8-17(20)19(11-14-3-1-9-21-14)12-15-4-2-10-23-15/h1-10H,11-12H2/b8-6+. The van der Waals surface area contributed by atoms with E-state index in [1.165, 1.54) is 6.08 Å². The summed E-state index contributed by atoms with van der Waals surface area (Å²) in [5.41, 5.74) is 0. The van der Waals surface area contributed by atoms with E-state index in [1.54, 1.807) is 40.7 Å². The summed E-state index contributed by atoms with van der Waals surface area (Å²) >= 11 is 4.87. The SMILES string of the molecule is O=C(/C=C/c1ccc(Br)o1)N(Cc1ccco1)Cc1cccs1. The molecule has 6 heteroatoms. The summed E-state index contributed by atoms with van der Waals surface area (Å²) in [4.78, 5) is 15.4. The van der Waals surface area contributed by atoms with E-state index >= 15 is 0 Å². The van der Waals surface area contributed by atoms with Gasteiger partial charge in [0.05, 0.1) is 19.4 Å². The number of hydrogen-bond donors (Lipinski definition) is 0. The molecule has 4 nitrogen and oxygen atoms in total. The molecule has 0 radical (unpaired) electrons. The average molecular weight is 392 g/mol. The predicted molar refractivity (Wildman–Crippen MR) is 92.7 cm³/mol. The van der Waals surface area contributed by atoms with Gasteiger partial charge in [0.2, 0.25) is 5.91 Å². The highest BCUT2D eigenvalue weighted by atomic mass is 79.9. The fraction of sp³-hybridized carbons (Fsp3) is 0.118. The van der Waals surface area contributed by atoms with Crippen molar-refractivity contribution in [3.63, 3.8) is 0 Å². The van der Waals surface area contributed by atoms with Crippen LogP contribution in [0.25, 0.3) is 6.08 Å². The summed E-state index contributed by atoms with van der Waals surface area (Å²) in [7, 11) is 0. The number of furan rings is 2. The molecule has 118 valence electrons. The second-order valence-corrected chi connectivity index (χ2v) is 6.64. The van der Waals surface area contributed by atoms with Gasteiger partial charge in [-0.2, -0.15) is 0 Å². The molecule has 0 unspecified atom stereocenters. The minimum Gasteiger partial charge on any atom is -0.467 e. The maximum atomic E-state index is 12.5. The quantitative estimate of drug-likeness (QED) is 0.559. The number of nitrogens with zero attached hydrogens (tertiary/aromatic N) is 1. The summed E-state index contributed by atoms with van der Waals surface area (Å²) in [5, 5.41) is 2.00. The second kappa shape index (κ2) is 7.48. The lowest BCUT2D eigenvalue weighted by atomic mass is 10.3. The van der Waals surface area contributed by atoms with Gasteiger partial charge < -0.3 is 13.7 Å². The third kappa shape index (κ3) is 4.46. The van der Waals surface area contributed by atoms with Crippen LogP contribution < -0.4 is 0 Å². The van der Waals surface area contributed by atoms with Crippen LogP contribution in [-0.4, -0.2) is 10.8 Å². The van der Waals surface area contributed by atoms with Crippen LogP contribution >= 0.6 is 27.3 Å². The predicted octanol–water partition coefficient (Wildman–Crippen LogP) is 4.94. The second-order valence-electron chi connectivity index (χ2n) is 4.83. The lowest BCUT2D eigenvalue weighted by Gasteiger charge is -2.19. The van der Waals surface area contributed by atoms with Gasteiger partial charge in [-0.25, -0.2) is 0 Å². The molecule has 3 rings (SSSR count). The van der Waals surface area contributed by atoms with Crippen molar-refractivity contribution in [2.75, 3.05) is 0 Å². The van der Waals surface area contributed by atoms with Gasteiger partial charge in [-0.05, 0) is 57.7 Å². The Kier molecular flexibility index (Phi) is 5.15. The number of carbonyl (C=O) groups is 1. The Morgan fingerprint density at radius 1 is 1.22 bits per heavy atom. The Morgan fingerprint density at radius 3 is 2.78 bits per heavy atom. The highest BCUT2D eigenvalue weighted by Gasteiger charge is 2.14. The van der Waals surface area contributed by atoms with Crippen molar-refractivity contribution in [1.29, 1.82) is 0 Å². The first-order chi connectivity index (χ1) is 11.2. The van der Waals surface area contributed by atoms with E-state index in [2.05, 4.69) is 15.9 Å². The minimum absolute atomic E-state index is 0.0951. The zero-order valence-electron chi connectivity index (χ0n) is 12.1. The van der Waals surface area contributed by atoms with Gasteiger partial charge in [-0.1, -0.05) is 6.07 Å². The molecule has 3 aromatic heterocycles. The van der Waals surface area contributed by atoms with Gasteiger partial charge >= 0.3 is 0 Å². The lowest BCUT2D eigenvalue weighted by Crippen LogP contribution is -2.27. The van der Waals surface area contributed by atoms with Crippen LogP contribution in [0, 0.1) is 0 Å². The van der Waals surface area contributed by atoms with Crippen LogP contribution in [0.4, 0.5) is 0 Å². The number of rotatable bonds is 6. The van der Waals surface area contributed by atoms with E-state index in [4.69, 9.17) is 8.83 Å². The summed E-state index contributed by atoms with van der Waals surface area (Å²) in [6, 6.07) is 11.3. The van der Waals surface area contributed by atoms with Gasteiger partial charge in [-0.15, -0.1) is 11.3 Å². The number of halogens is 1. The summed E-state index contributed by atoms with van der Waals surface area (Å²) < 4.78 is 11.4. The van der Waals surface area contributed by atoms with Gasteiger partial charge in [0.25, 0.3) is 0 Å². The molecule has 0 bridgehead atoms. The zero-order valence-corrected chi connectivity index (χ0v) is 14.5. The van der Waals surface area contributed by atoms with E-state index in [0.717, 1.165) is 10.6 Å². The van der Waals surface area contributed by atoms with Gasteiger partial charge in [-0.3, -0.25) is 4.79 Å². The summed E-state index contributed by atoms with van der Waals surface area (Å²) in [6.07, 6.45) is 4.79. The largest absolute Gasteiger partial charge is 0.467 e. The van der Waals surface area contributed by atoms with Crippen molar-refractivity contribution >= 4 is 39.2 Å². The van der Waals surface area contributed by atoms with E-state index < -0.39 is 0 Å². The molecule has 0 atom stereocenters. The number of thiophene rings is 1. The van der Waals surface area contributed by atoms with Gasteiger partial charge in [0.1, 0.15) is 11.5 Å². The van der Waals surface area contributed by atoms with Crippen molar-refractivity contribution in [2.24, 2.45) is 0 Å². The zero-order chi connectivity index (χ0) is 16.1. The molecule has 0 saturated carbocycles. The van der Waals surface area contributed by atoms with Crippen molar-refractivity contribution < 1.29 is 13.6 Å². The molecule has 0 aliphatic heterocycles. The lowest BCUT2D eigenvalue weighted by molar-refractivity contribution is -0.127. The van der Waals surface area contributed by atoms with Gasteiger partial charge in [0.15, 0.2) is 4.67 Å². The Bertz CT molecular complexity index is 738. The Hall–Kier alpha value is -2.05. The third-order valence-corrected chi connectivity index (χ3v) is 4.44. The Labute approximate surface area is 146 Å². The molecule has 3 heterocycles. The van der Waals surface area contributed by atoms with E-state index in [-0.39, 0.29) is 5.91 Å². The number of amides is 1. The van der Waals surface area contributed by atoms with Crippen LogP contribution in [0.1, 0.15) is 16.4 Å². The van der Waals surface area contributed by atoms with E-state index in [0.29, 0.717) is 23.5 Å². The first-order valence-electron chi connectivity index (χ1n) is 6.98. The van der Waals surface area contributed by atoms with Crippen LogP contribution in [-0.2, 0) is 17.9 Å². The fourth-order valence-electron chi connectivity index (χ4n) is 2.07. The molecule has 1 amide bonds. The van der Waals surface area contributed by atoms with Crippen molar-refractivity contribution in [2.45, 2.75) is 13.1 Å². The molecule has 0 N–H and O–H groups in total. The molecule has 3 aromatic rings. The maximum absolute atomic E-state index is 12.5. The number of carbonyl (C=O) groups excluding carboxylic acids is 1. The maximum Gasteiger partial charge on any atom is 0.247 e. The van der Waals surface area contributed by atoms with Crippen molar-refractivity contribution in [1.82, 2.24) is 4.90 Å². The smallest absolute Gasteiger partial charge is 0.247 e. The average Bonchev–Trinajstić information content (AvgIpc) is 3.27. The van der Waals surface area contributed by atoms with Crippen molar-refractivity contribution in [3.05, 3.63) is 75.2 Å². The topological polar surface area (TPSA) is 46.6 Å². The van der Waals surface area contributed by atoms with Crippen LogP contribution in [0.5, 0.6) is 0 Å². The fourth-order valence-corrected chi connectivity index (χ4v) is 3.11. The molecule has 0 spiro atoms. The minimum atomic E-state index is -0.0951. The molecule has 0 fully saturated rings. The van der Waals surface area contributed by atoms with Crippen LogP contribution in [0.15, 0.2) is 67.6 Å².